The molecule has 0 atom stereocenters. The zero-order valence-corrected chi connectivity index (χ0v) is 10.5. The van der Waals surface area contributed by atoms with Crippen molar-refractivity contribution in [2.45, 2.75) is 32.2 Å². The maximum absolute atomic E-state index is 13.5. The zero-order chi connectivity index (χ0) is 12.4. The van der Waals surface area contributed by atoms with Crippen LogP contribution >= 0.6 is 0 Å². The van der Waals surface area contributed by atoms with E-state index in [9.17, 15) is 4.39 Å². The van der Waals surface area contributed by atoms with E-state index in [4.69, 9.17) is 4.42 Å². The molecular formula is C15H18FNO. The molecule has 3 rings (SSSR count). The standard InChI is InChI=1S/C15H18FNO/c16-14-7-5-6-13-12(11-18-15(13)14)10-17-8-3-1-2-4-9-17/h5-7,11H,1-4,8-10H2. The SMILES string of the molecule is Fc1cccc2c(CN3CCCCCC3)coc12. The number of benzene rings is 1. The Bertz CT molecular complexity index is 526. The summed E-state index contributed by atoms with van der Waals surface area (Å²) >= 11 is 0. The van der Waals surface area contributed by atoms with Crippen molar-refractivity contribution < 1.29 is 8.81 Å². The van der Waals surface area contributed by atoms with Crippen LogP contribution in [0.1, 0.15) is 31.2 Å². The molecule has 0 aliphatic carbocycles. The van der Waals surface area contributed by atoms with Gasteiger partial charge in [0.1, 0.15) is 0 Å². The second-order valence-electron chi connectivity index (χ2n) is 5.07. The maximum atomic E-state index is 13.5. The van der Waals surface area contributed by atoms with Gasteiger partial charge in [0.25, 0.3) is 0 Å². The average Bonchev–Trinajstić information content (AvgIpc) is 2.61. The molecule has 2 nitrogen and oxygen atoms in total. The van der Waals surface area contributed by atoms with Gasteiger partial charge >= 0.3 is 0 Å². The zero-order valence-electron chi connectivity index (χ0n) is 10.5. The van der Waals surface area contributed by atoms with E-state index < -0.39 is 0 Å². The summed E-state index contributed by atoms with van der Waals surface area (Å²) in [7, 11) is 0. The molecule has 0 saturated carbocycles. The van der Waals surface area contributed by atoms with Crippen molar-refractivity contribution in [1.82, 2.24) is 4.90 Å². The van der Waals surface area contributed by atoms with Gasteiger partial charge in [-0.25, -0.2) is 4.39 Å². The fourth-order valence-electron chi connectivity index (χ4n) is 2.73. The third kappa shape index (κ3) is 2.27. The lowest BCUT2D eigenvalue weighted by molar-refractivity contribution is 0.277. The first kappa shape index (κ1) is 11.7. The quantitative estimate of drug-likeness (QED) is 0.799. The van der Waals surface area contributed by atoms with Gasteiger partial charge < -0.3 is 4.42 Å². The first-order valence-electron chi connectivity index (χ1n) is 6.71. The van der Waals surface area contributed by atoms with Crippen molar-refractivity contribution in [1.29, 1.82) is 0 Å². The Balaban J connectivity index is 1.83. The van der Waals surface area contributed by atoms with Gasteiger partial charge in [0, 0.05) is 17.5 Å². The monoisotopic (exact) mass is 247 g/mol. The number of likely N-dealkylation sites (tertiary alicyclic amines) is 1. The van der Waals surface area contributed by atoms with Crippen LogP contribution in [0, 0.1) is 5.82 Å². The maximum Gasteiger partial charge on any atom is 0.169 e. The Morgan fingerprint density at radius 2 is 1.89 bits per heavy atom. The normalized spacial score (nSPS) is 18.1. The highest BCUT2D eigenvalue weighted by Crippen LogP contribution is 2.25. The summed E-state index contributed by atoms with van der Waals surface area (Å²) in [6.45, 7) is 3.15. The molecule has 2 heterocycles. The molecule has 0 spiro atoms. The molecular weight excluding hydrogens is 229 g/mol. The number of nitrogens with zero attached hydrogens (tertiary/aromatic N) is 1. The van der Waals surface area contributed by atoms with Crippen molar-refractivity contribution in [3.05, 3.63) is 35.8 Å². The molecule has 0 unspecified atom stereocenters. The molecule has 1 saturated heterocycles. The van der Waals surface area contributed by atoms with Gasteiger partial charge in [-0.3, -0.25) is 4.90 Å². The topological polar surface area (TPSA) is 16.4 Å². The van der Waals surface area contributed by atoms with Crippen LogP contribution < -0.4 is 0 Å². The lowest BCUT2D eigenvalue weighted by atomic mass is 10.1. The molecule has 1 aromatic heterocycles. The minimum Gasteiger partial charge on any atom is -0.461 e. The highest BCUT2D eigenvalue weighted by molar-refractivity contribution is 5.81. The number of hydrogen-bond acceptors (Lipinski definition) is 2. The molecule has 0 bridgehead atoms. The number of furan rings is 1. The summed E-state index contributed by atoms with van der Waals surface area (Å²) in [6, 6.07) is 5.13. The summed E-state index contributed by atoms with van der Waals surface area (Å²) in [6.07, 6.45) is 6.90. The number of para-hydroxylation sites is 1. The highest BCUT2D eigenvalue weighted by Gasteiger charge is 2.14. The van der Waals surface area contributed by atoms with Gasteiger partial charge in [-0.05, 0) is 32.0 Å². The first-order valence-corrected chi connectivity index (χ1v) is 6.71. The van der Waals surface area contributed by atoms with Crippen LogP contribution in [0.3, 0.4) is 0 Å². The molecule has 1 fully saturated rings. The number of halogens is 1. The Morgan fingerprint density at radius 1 is 1.11 bits per heavy atom. The van der Waals surface area contributed by atoms with Gasteiger partial charge in [-0.15, -0.1) is 0 Å². The smallest absolute Gasteiger partial charge is 0.169 e. The summed E-state index contributed by atoms with van der Waals surface area (Å²) in [5.41, 5.74) is 1.49. The minimum atomic E-state index is -0.269. The molecule has 0 amide bonds. The molecule has 18 heavy (non-hydrogen) atoms. The van der Waals surface area contributed by atoms with Crippen LogP contribution in [0.4, 0.5) is 4.39 Å². The lowest BCUT2D eigenvalue weighted by Crippen LogP contribution is -2.23. The third-order valence-corrected chi connectivity index (χ3v) is 3.72. The van der Waals surface area contributed by atoms with Crippen molar-refractivity contribution in [2.24, 2.45) is 0 Å². The fourth-order valence-corrected chi connectivity index (χ4v) is 2.73. The molecule has 2 aromatic rings. The third-order valence-electron chi connectivity index (χ3n) is 3.72. The van der Waals surface area contributed by atoms with E-state index in [1.807, 2.05) is 6.07 Å². The second-order valence-corrected chi connectivity index (χ2v) is 5.07. The number of rotatable bonds is 2. The van der Waals surface area contributed by atoms with E-state index in [1.165, 1.54) is 31.7 Å². The molecule has 0 radical (unpaired) electrons. The molecule has 1 aromatic carbocycles. The average molecular weight is 247 g/mol. The van der Waals surface area contributed by atoms with E-state index in [-0.39, 0.29) is 5.82 Å². The number of hydrogen-bond donors (Lipinski definition) is 0. The second kappa shape index (κ2) is 5.11. The van der Waals surface area contributed by atoms with Gasteiger partial charge in [0.05, 0.1) is 6.26 Å². The van der Waals surface area contributed by atoms with Crippen LogP contribution in [0.5, 0.6) is 0 Å². The van der Waals surface area contributed by atoms with E-state index in [0.717, 1.165) is 30.6 Å². The van der Waals surface area contributed by atoms with Crippen LogP contribution in [-0.2, 0) is 6.54 Å². The molecule has 3 heteroatoms. The van der Waals surface area contributed by atoms with Gasteiger partial charge in [0.2, 0.25) is 0 Å². The summed E-state index contributed by atoms with van der Waals surface area (Å²) in [4.78, 5) is 2.45. The van der Waals surface area contributed by atoms with Crippen molar-refractivity contribution in [3.8, 4) is 0 Å². The van der Waals surface area contributed by atoms with Crippen LogP contribution in [0.15, 0.2) is 28.9 Å². The molecule has 0 N–H and O–H groups in total. The summed E-state index contributed by atoms with van der Waals surface area (Å²) in [5.74, 6) is -0.269. The minimum absolute atomic E-state index is 0.269. The lowest BCUT2D eigenvalue weighted by Gasteiger charge is -2.18. The summed E-state index contributed by atoms with van der Waals surface area (Å²) < 4.78 is 18.9. The number of fused-ring (bicyclic) bond motifs is 1. The predicted molar refractivity (Wildman–Crippen MR) is 69.9 cm³/mol. The molecule has 1 aliphatic heterocycles. The van der Waals surface area contributed by atoms with Gasteiger partial charge in [0.15, 0.2) is 11.4 Å². The Morgan fingerprint density at radius 3 is 2.67 bits per heavy atom. The van der Waals surface area contributed by atoms with Gasteiger partial charge in [-0.1, -0.05) is 25.0 Å². The summed E-state index contributed by atoms with van der Waals surface area (Å²) in [5, 5.41) is 0.916. The van der Waals surface area contributed by atoms with Crippen molar-refractivity contribution >= 4 is 11.0 Å². The highest BCUT2D eigenvalue weighted by atomic mass is 19.1. The molecule has 1 aliphatic rings. The first-order chi connectivity index (χ1) is 8.84. The Kier molecular flexibility index (Phi) is 3.33. The van der Waals surface area contributed by atoms with E-state index in [2.05, 4.69) is 4.90 Å². The van der Waals surface area contributed by atoms with Crippen LogP contribution in [0.2, 0.25) is 0 Å². The largest absolute Gasteiger partial charge is 0.461 e. The Labute approximate surface area is 106 Å². The van der Waals surface area contributed by atoms with Gasteiger partial charge in [-0.2, -0.15) is 0 Å². The van der Waals surface area contributed by atoms with Crippen molar-refractivity contribution in [2.75, 3.05) is 13.1 Å². The molecule has 96 valence electrons. The van der Waals surface area contributed by atoms with Crippen LogP contribution in [-0.4, -0.2) is 18.0 Å². The fraction of sp³-hybridized carbons (Fsp3) is 0.467. The predicted octanol–water partition coefficient (Wildman–Crippen LogP) is 3.95. The van der Waals surface area contributed by atoms with E-state index in [0.29, 0.717) is 5.58 Å². The van der Waals surface area contributed by atoms with Crippen molar-refractivity contribution in [3.63, 3.8) is 0 Å². The van der Waals surface area contributed by atoms with Crippen LogP contribution in [0.25, 0.3) is 11.0 Å². The van der Waals surface area contributed by atoms with E-state index >= 15 is 0 Å². The Hall–Kier alpha value is -1.35. The van der Waals surface area contributed by atoms with E-state index in [1.54, 1.807) is 12.3 Å².